The van der Waals surface area contributed by atoms with Crippen LogP contribution in [0.3, 0.4) is 0 Å². The molecule has 4 atom stereocenters. The van der Waals surface area contributed by atoms with E-state index >= 15 is 0 Å². The molecule has 1 aromatic heterocycles. The number of aromatic nitrogens is 1. The van der Waals surface area contributed by atoms with Gasteiger partial charge in [-0.15, -0.1) is 0 Å². The Kier molecular flexibility index (Phi) is 3.10. The number of rotatable bonds is 2. The van der Waals surface area contributed by atoms with Crippen molar-refractivity contribution in [2.75, 3.05) is 20.1 Å². The minimum Gasteiger partial charge on any atom is -0.504 e. The summed E-state index contributed by atoms with van der Waals surface area (Å²) < 4.78 is 6.73. The number of aromatic hydroxyl groups is 1. The SMILES string of the molecule is CCN[C@@]12Cc3c([nH]c4ccccc34)[C@@H]3Oc4c(O)ccc5c4[C@@]31CCN(C)[C@@H]2C5. The highest BCUT2D eigenvalue weighted by Gasteiger charge is 2.72. The fourth-order valence-electron chi connectivity index (χ4n) is 7.55. The predicted octanol–water partition coefficient (Wildman–Crippen LogP) is 3.41. The number of piperidine rings is 1. The molecule has 4 aliphatic rings. The van der Waals surface area contributed by atoms with Crippen LogP contribution in [0.15, 0.2) is 36.4 Å². The number of benzene rings is 2. The Balaban J connectivity index is 1.62. The van der Waals surface area contributed by atoms with Crippen LogP contribution < -0.4 is 10.1 Å². The van der Waals surface area contributed by atoms with Gasteiger partial charge in [0, 0.05) is 22.5 Å². The molecule has 154 valence electrons. The van der Waals surface area contributed by atoms with Crippen LogP contribution in [0.4, 0.5) is 0 Å². The van der Waals surface area contributed by atoms with Gasteiger partial charge in [0.2, 0.25) is 0 Å². The third-order valence-corrected chi connectivity index (χ3v) is 8.58. The molecule has 1 spiro atoms. The summed E-state index contributed by atoms with van der Waals surface area (Å²) in [7, 11) is 2.28. The number of likely N-dealkylation sites (tertiary alicyclic amines) is 1. The van der Waals surface area contributed by atoms with Crippen molar-refractivity contribution < 1.29 is 9.84 Å². The van der Waals surface area contributed by atoms with Gasteiger partial charge in [-0.3, -0.25) is 0 Å². The van der Waals surface area contributed by atoms with E-state index in [-0.39, 0.29) is 22.8 Å². The third kappa shape index (κ3) is 1.68. The van der Waals surface area contributed by atoms with E-state index in [1.165, 1.54) is 33.3 Å². The summed E-state index contributed by atoms with van der Waals surface area (Å²) in [6.07, 6.45) is 2.88. The van der Waals surface area contributed by atoms with Gasteiger partial charge in [-0.25, -0.2) is 0 Å². The molecule has 0 saturated carbocycles. The lowest BCUT2D eigenvalue weighted by molar-refractivity contribution is -0.0645. The minimum atomic E-state index is -0.171. The van der Waals surface area contributed by atoms with E-state index < -0.39 is 0 Å². The molecule has 3 heterocycles. The van der Waals surface area contributed by atoms with E-state index in [1.807, 2.05) is 6.07 Å². The fourth-order valence-corrected chi connectivity index (χ4v) is 7.55. The van der Waals surface area contributed by atoms with Crippen LogP contribution in [-0.2, 0) is 18.3 Å². The molecule has 0 amide bonds. The Bertz CT molecular complexity index is 1220. The summed E-state index contributed by atoms with van der Waals surface area (Å²) in [4.78, 5) is 6.28. The highest BCUT2D eigenvalue weighted by Crippen LogP contribution is 2.68. The van der Waals surface area contributed by atoms with Crippen LogP contribution >= 0.6 is 0 Å². The quantitative estimate of drug-likeness (QED) is 0.616. The maximum Gasteiger partial charge on any atom is 0.166 e. The molecular weight excluding hydrogens is 374 g/mol. The first kappa shape index (κ1) is 17.2. The summed E-state index contributed by atoms with van der Waals surface area (Å²) in [5.74, 6) is 0.993. The molecule has 3 aromatic rings. The van der Waals surface area contributed by atoms with Crippen molar-refractivity contribution in [3.05, 3.63) is 58.8 Å². The highest BCUT2D eigenvalue weighted by atomic mass is 16.5. The maximum absolute atomic E-state index is 10.8. The lowest BCUT2D eigenvalue weighted by Gasteiger charge is -2.65. The molecule has 2 aromatic carbocycles. The van der Waals surface area contributed by atoms with Crippen LogP contribution in [-0.4, -0.2) is 46.7 Å². The van der Waals surface area contributed by atoms with Crippen molar-refractivity contribution >= 4 is 10.9 Å². The summed E-state index contributed by atoms with van der Waals surface area (Å²) >= 11 is 0. The number of ether oxygens (including phenoxy) is 1. The molecule has 3 N–H and O–H groups in total. The lowest BCUT2D eigenvalue weighted by Crippen LogP contribution is -2.79. The summed E-state index contributed by atoms with van der Waals surface area (Å²) in [6.45, 7) is 4.18. The van der Waals surface area contributed by atoms with Gasteiger partial charge >= 0.3 is 0 Å². The number of nitrogens with zero attached hydrogens (tertiary/aromatic N) is 1. The van der Waals surface area contributed by atoms with Crippen LogP contribution in [0.25, 0.3) is 10.9 Å². The van der Waals surface area contributed by atoms with Crippen LogP contribution in [0.1, 0.15) is 41.8 Å². The van der Waals surface area contributed by atoms with Crippen molar-refractivity contribution in [3.63, 3.8) is 0 Å². The van der Waals surface area contributed by atoms with Crippen molar-refractivity contribution in [2.45, 2.75) is 49.3 Å². The average molecular weight is 402 g/mol. The van der Waals surface area contributed by atoms with E-state index in [0.717, 1.165) is 32.4 Å². The monoisotopic (exact) mass is 401 g/mol. The smallest absolute Gasteiger partial charge is 0.166 e. The molecule has 1 fully saturated rings. The third-order valence-electron chi connectivity index (χ3n) is 8.58. The number of para-hydroxylation sites is 1. The van der Waals surface area contributed by atoms with E-state index in [4.69, 9.17) is 4.74 Å². The van der Waals surface area contributed by atoms with Crippen molar-refractivity contribution in [1.82, 2.24) is 15.2 Å². The first-order valence-corrected chi connectivity index (χ1v) is 11.2. The summed E-state index contributed by atoms with van der Waals surface area (Å²) in [5, 5.41) is 16.1. The maximum atomic E-state index is 10.8. The zero-order chi connectivity index (χ0) is 20.3. The van der Waals surface area contributed by atoms with Gasteiger partial charge in [0.05, 0.1) is 16.6 Å². The van der Waals surface area contributed by atoms with Crippen molar-refractivity contribution in [3.8, 4) is 11.5 Å². The van der Waals surface area contributed by atoms with E-state index in [1.54, 1.807) is 0 Å². The summed E-state index contributed by atoms with van der Waals surface area (Å²) in [6, 6.07) is 13.0. The number of likely N-dealkylation sites (N-methyl/N-ethyl adjacent to an activating group) is 2. The normalized spacial score (nSPS) is 33.3. The Labute approximate surface area is 176 Å². The molecule has 0 radical (unpaired) electrons. The first-order chi connectivity index (χ1) is 14.6. The van der Waals surface area contributed by atoms with Crippen LogP contribution in [0, 0.1) is 0 Å². The van der Waals surface area contributed by atoms with E-state index in [2.05, 4.69) is 59.5 Å². The second kappa shape index (κ2) is 5.40. The predicted molar refractivity (Wildman–Crippen MR) is 116 cm³/mol. The topological polar surface area (TPSA) is 60.5 Å². The Morgan fingerprint density at radius 3 is 3.00 bits per heavy atom. The number of phenols is 1. The molecule has 2 aliphatic heterocycles. The summed E-state index contributed by atoms with van der Waals surface area (Å²) in [5.41, 5.74) is 6.08. The Hall–Kier alpha value is -2.50. The standard InChI is InChI=1S/C25H27N3O2/c1-3-26-25-13-16-15-6-4-5-7-17(15)27-21(16)23-24(25)10-11-28(2)19(25)12-14-8-9-18(29)22(30-23)20(14)24/h4-9,19,23,26-27,29H,3,10-13H2,1-2H3/t19-,23+,24+,25-/m1/s1. The largest absolute Gasteiger partial charge is 0.504 e. The number of hydrogen-bond donors (Lipinski definition) is 3. The molecule has 5 heteroatoms. The minimum absolute atomic E-state index is 0.105. The second-order valence-electron chi connectivity index (χ2n) is 9.61. The highest BCUT2D eigenvalue weighted by molar-refractivity contribution is 5.86. The molecule has 5 nitrogen and oxygen atoms in total. The van der Waals surface area contributed by atoms with Gasteiger partial charge in [-0.2, -0.15) is 0 Å². The van der Waals surface area contributed by atoms with Gasteiger partial charge in [-0.05, 0) is 62.7 Å². The van der Waals surface area contributed by atoms with Crippen molar-refractivity contribution in [2.24, 2.45) is 0 Å². The molecule has 0 unspecified atom stereocenters. The van der Waals surface area contributed by atoms with Gasteiger partial charge in [0.1, 0.15) is 0 Å². The number of H-pyrrole nitrogens is 1. The average Bonchev–Trinajstić information content (AvgIpc) is 3.28. The molecular formula is C25H27N3O2. The molecule has 2 bridgehead atoms. The lowest BCUT2D eigenvalue weighted by atomic mass is 9.47. The van der Waals surface area contributed by atoms with Gasteiger partial charge < -0.3 is 25.0 Å². The van der Waals surface area contributed by atoms with E-state index in [9.17, 15) is 5.11 Å². The zero-order valence-corrected chi connectivity index (χ0v) is 17.5. The van der Waals surface area contributed by atoms with Gasteiger partial charge in [0.15, 0.2) is 17.6 Å². The van der Waals surface area contributed by atoms with Gasteiger partial charge in [0.25, 0.3) is 0 Å². The Morgan fingerprint density at radius 1 is 1.27 bits per heavy atom. The molecule has 7 rings (SSSR count). The number of hydrogen-bond acceptors (Lipinski definition) is 4. The first-order valence-electron chi connectivity index (χ1n) is 11.2. The zero-order valence-electron chi connectivity index (χ0n) is 17.5. The van der Waals surface area contributed by atoms with Crippen molar-refractivity contribution in [1.29, 1.82) is 0 Å². The second-order valence-corrected chi connectivity index (χ2v) is 9.61. The number of fused-ring (bicyclic) bond motifs is 4. The van der Waals surface area contributed by atoms with Gasteiger partial charge in [-0.1, -0.05) is 31.2 Å². The molecule has 2 aliphatic carbocycles. The fraction of sp³-hybridized carbons (Fsp3) is 0.440. The number of phenolic OH excluding ortho intramolecular Hbond substituents is 1. The van der Waals surface area contributed by atoms with Crippen LogP contribution in [0.5, 0.6) is 11.5 Å². The Morgan fingerprint density at radius 2 is 2.13 bits per heavy atom. The van der Waals surface area contributed by atoms with Crippen LogP contribution in [0.2, 0.25) is 0 Å². The van der Waals surface area contributed by atoms with E-state index in [0.29, 0.717) is 11.8 Å². The number of nitrogens with one attached hydrogen (secondary N) is 2. The number of aromatic amines is 1. The molecule has 30 heavy (non-hydrogen) atoms. The molecule has 1 saturated heterocycles.